The lowest BCUT2D eigenvalue weighted by molar-refractivity contribution is 0.171. The number of benzene rings is 1. The summed E-state index contributed by atoms with van der Waals surface area (Å²) in [6, 6.07) is 7.94. The van der Waals surface area contributed by atoms with Gasteiger partial charge in [-0.1, -0.05) is 33.8 Å². The zero-order valence-electron chi connectivity index (χ0n) is 11.9. The third kappa shape index (κ3) is 5.41. The van der Waals surface area contributed by atoms with Gasteiger partial charge in [-0.3, -0.25) is 0 Å². The molecule has 0 aliphatic rings. The lowest BCUT2D eigenvalue weighted by Gasteiger charge is -2.22. The van der Waals surface area contributed by atoms with Crippen LogP contribution in [0.2, 0.25) is 0 Å². The molecule has 18 heavy (non-hydrogen) atoms. The minimum absolute atomic E-state index is 0.116. The smallest absolute Gasteiger partial charge is 0.121 e. The number of nitrogens with one attached hydrogen (secondary N) is 1. The Morgan fingerprint density at radius 1 is 1.33 bits per heavy atom. The van der Waals surface area contributed by atoms with Crippen molar-refractivity contribution in [1.82, 2.24) is 0 Å². The maximum absolute atomic E-state index is 9.21. The van der Waals surface area contributed by atoms with Crippen molar-refractivity contribution >= 4 is 5.69 Å². The zero-order valence-corrected chi connectivity index (χ0v) is 11.9. The third-order valence-electron chi connectivity index (χ3n) is 2.62. The molecule has 0 heterocycles. The summed E-state index contributed by atoms with van der Waals surface area (Å²) < 4.78 is 5.68. The number of aliphatic hydroxyl groups is 1. The quantitative estimate of drug-likeness (QED) is 0.782. The summed E-state index contributed by atoms with van der Waals surface area (Å²) in [5.41, 5.74) is 0.909. The third-order valence-corrected chi connectivity index (χ3v) is 2.62. The van der Waals surface area contributed by atoms with Crippen molar-refractivity contribution in [2.75, 3.05) is 25.1 Å². The summed E-state index contributed by atoms with van der Waals surface area (Å²) in [6.45, 7) is 9.95. The van der Waals surface area contributed by atoms with E-state index in [1.807, 2.05) is 38.1 Å². The number of anilines is 1. The van der Waals surface area contributed by atoms with Crippen LogP contribution < -0.4 is 10.1 Å². The van der Waals surface area contributed by atoms with Crippen LogP contribution in [0.3, 0.4) is 0 Å². The van der Waals surface area contributed by atoms with Crippen LogP contribution in [0, 0.1) is 11.3 Å². The van der Waals surface area contributed by atoms with E-state index in [-0.39, 0.29) is 12.0 Å². The van der Waals surface area contributed by atoms with Crippen molar-refractivity contribution in [3.63, 3.8) is 0 Å². The molecule has 0 amide bonds. The Labute approximate surface area is 110 Å². The standard InChI is InChI=1S/C15H25NO2/c1-12(2)9-18-14-7-5-6-13(8-14)16-10-15(3,4)11-17/h5-8,12,16-17H,9-11H2,1-4H3. The fraction of sp³-hybridized carbons (Fsp3) is 0.600. The summed E-state index contributed by atoms with van der Waals surface area (Å²) in [5.74, 6) is 1.41. The van der Waals surface area contributed by atoms with Crippen molar-refractivity contribution in [3.05, 3.63) is 24.3 Å². The Bertz CT molecular complexity index is 361. The summed E-state index contributed by atoms with van der Waals surface area (Å²) in [7, 11) is 0. The molecule has 1 rings (SSSR count). The molecule has 3 nitrogen and oxygen atoms in total. The molecule has 0 bridgehead atoms. The normalized spacial score (nSPS) is 11.7. The average Bonchev–Trinajstić information content (AvgIpc) is 2.35. The van der Waals surface area contributed by atoms with E-state index in [4.69, 9.17) is 4.74 Å². The van der Waals surface area contributed by atoms with Gasteiger partial charge in [-0.05, 0) is 18.1 Å². The van der Waals surface area contributed by atoms with Gasteiger partial charge in [-0.15, -0.1) is 0 Å². The monoisotopic (exact) mass is 251 g/mol. The molecule has 0 radical (unpaired) electrons. The van der Waals surface area contributed by atoms with Gasteiger partial charge in [0.15, 0.2) is 0 Å². The van der Waals surface area contributed by atoms with Crippen molar-refractivity contribution in [2.45, 2.75) is 27.7 Å². The van der Waals surface area contributed by atoms with Gasteiger partial charge < -0.3 is 15.2 Å². The van der Waals surface area contributed by atoms with E-state index in [9.17, 15) is 5.11 Å². The fourth-order valence-corrected chi connectivity index (χ4v) is 1.36. The zero-order chi connectivity index (χ0) is 13.6. The predicted octanol–water partition coefficient (Wildman–Crippen LogP) is 3.15. The summed E-state index contributed by atoms with van der Waals surface area (Å²) in [5, 5.41) is 12.5. The molecule has 0 unspecified atom stereocenters. The highest BCUT2D eigenvalue weighted by Crippen LogP contribution is 2.20. The fourth-order valence-electron chi connectivity index (χ4n) is 1.36. The highest BCUT2D eigenvalue weighted by Gasteiger charge is 2.15. The Morgan fingerprint density at radius 3 is 2.67 bits per heavy atom. The first kappa shape index (κ1) is 14.8. The SMILES string of the molecule is CC(C)COc1cccc(NCC(C)(C)CO)c1. The Balaban J connectivity index is 2.54. The van der Waals surface area contributed by atoms with Crippen LogP contribution in [-0.4, -0.2) is 24.9 Å². The maximum atomic E-state index is 9.21. The Morgan fingerprint density at radius 2 is 2.06 bits per heavy atom. The predicted molar refractivity (Wildman–Crippen MR) is 76.1 cm³/mol. The number of hydrogen-bond acceptors (Lipinski definition) is 3. The molecule has 0 saturated carbocycles. The molecule has 0 atom stereocenters. The van der Waals surface area contributed by atoms with Crippen molar-refractivity contribution in [2.24, 2.45) is 11.3 Å². The minimum atomic E-state index is -0.116. The van der Waals surface area contributed by atoms with E-state index in [1.54, 1.807) is 0 Å². The van der Waals surface area contributed by atoms with E-state index in [1.165, 1.54) is 0 Å². The first-order valence-electron chi connectivity index (χ1n) is 6.50. The highest BCUT2D eigenvalue weighted by molar-refractivity contribution is 5.48. The molecule has 1 aromatic carbocycles. The number of ether oxygens (including phenoxy) is 1. The lowest BCUT2D eigenvalue weighted by atomic mass is 9.95. The second kappa shape index (κ2) is 6.64. The van der Waals surface area contributed by atoms with E-state index in [0.29, 0.717) is 5.92 Å². The van der Waals surface area contributed by atoms with Crippen LogP contribution in [0.15, 0.2) is 24.3 Å². The second-order valence-corrected chi connectivity index (χ2v) is 5.91. The van der Waals surface area contributed by atoms with Gasteiger partial charge >= 0.3 is 0 Å². The van der Waals surface area contributed by atoms with Gasteiger partial charge in [0.2, 0.25) is 0 Å². The highest BCUT2D eigenvalue weighted by atomic mass is 16.5. The number of rotatable bonds is 7. The van der Waals surface area contributed by atoms with Crippen molar-refractivity contribution < 1.29 is 9.84 Å². The van der Waals surface area contributed by atoms with Crippen LogP contribution >= 0.6 is 0 Å². The van der Waals surface area contributed by atoms with Gasteiger partial charge in [-0.2, -0.15) is 0 Å². The van der Waals surface area contributed by atoms with Gasteiger partial charge in [0.1, 0.15) is 5.75 Å². The van der Waals surface area contributed by atoms with Crippen LogP contribution in [0.1, 0.15) is 27.7 Å². The minimum Gasteiger partial charge on any atom is -0.493 e. The van der Waals surface area contributed by atoms with E-state index >= 15 is 0 Å². The van der Waals surface area contributed by atoms with Gasteiger partial charge in [0.25, 0.3) is 0 Å². The Kier molecular flexibility index (Phi) is 5.48. The molecule has 0 aliphatic heterocycles. The topological polar surface area (TPSA) is 41.5 Å². The van der Waals surface area contributed by atoms with Gasteiger partial charge in [0.05, 0.1) is 6.61 Å². The Hall–Kier alpha value is -1.22. The van der Waals surface area contributed by atoms with Gasteiger partial charge in [0, 0.05) is 30.3 Å². The summed E-state index contributed by atoms with van der Waals surface area (Å²) in [6.07, 6.45) is 0. The largest absolute Gasteiger partial charge is 0.493 e. The molecule has 102 valence electrons. The molecular formula is C15H25NO2. The molecule has 1 aromatic rings. The number of aliphatic hydroxyl groups excluding tert-OH is 1. The van der Waals surface area contributed by atoms with Crippen LogP contribution in [0.4, 0.5) is 5.69 Å². The van der Waals surface area contributed by atoms with E-state index in [0.717, 1.165) is 24.6 Å². The molecule has 3 heteroatoms. The first-order valence-corrected chi connectivity index (χ1v) is 6.50. The summed E-state index contributed by atoms with van der Waals surface area (Å²) >= 11 is 0. The molecule has 0 aromatic heterocycles. The second-order valence-electron chi connectivity index (χ2n) is 5.91. The molecule has 0 spiro atoms. The van der Waals surface area contributed by atoms with Crippen LogP contribution in [0.5, 0.6) is 5.75 Å². The van der Waals surface area contributed by atoms with E-state index in [2.05, 4.69) is 19.2 Å². The summed E-state index contributed by atoms with van der Waals surface area (Å²) in [4.78, 5) is 0. The van der Waals surface area contributed by atoms with Gasteiger partial charge in [-0.25, -0.2) is 0 Å². The van der Waals surface area contributed by atoms with Crippen LogP contribution in [-0.2, 0) is 0 Å². The molecule has 0 aliphatic carbocycles. The first-order chi connectivity index (χ1) is 8.43. The maximum Gasteiger partial charge on any atom is 0.121 e. The molecule has 0 saturated heterocycles. The molecule has 0 fully saturated rings. The van der Waals surface area contributed by atoms with Crippen LogP contribution in [0.25, 0.3) is 0 Å². The van der Waals surface area contributed by atoms with Crippen molar-refractivity contribution in [1.29, 1.82) is 0 Å². The molecule has 2 N–H and O–H groups in total. The number of hydrogen-bond donors (Lipinski definition) is 2. The van der Waals surface area contributed by atoms with Crippen molar-refractivity contribution in [3.8, 4) is 5.75 Å². The van der Waals surface area contributed by atoms with E-state index < -0.39 is 0 Å². The lowest BCUT2D eigenvalue weighted by Crippen LogP contribution is -2.26. The average molecular weight is 251 g/mol. The molecular weight excluding hydrogens is 226 g/mol.